The van der Waals surface area contributed by atoms with Crippen LogP contribution < -0.4 is 0 Å². The molecule has 20 heavy (non-hydrogen) atoms. The summed E-state index contributed by atoms with van der Waals surface area (Å²) in [5.74, 6) is -1.09. The summed E-state index contributed by atoms with van der Waals surface area (Å²) in [4.78, 5) is 27.4. The molecule has 0 aliphatic carbocycles. The number of hydrogen-bond donors (Lipinski definition) is 1. The highest BCUT2D eigenvalue weighted by molar-refractivity contribution is 5.97. The van der Waals surface area contributed by atoms with Crippen molar-refractivity contribution in [3.63, 3.8) is 0 Å². The van der Waals surface area contributed by atoms with Crippen LogP contribution in [0.1, 0.15) is 33.6 Å². The number of carbonyl (C=O) groups excluding carboxylic acids is 1. The lowest BCUT2D eigenvalue weighted by Gasteiger charge is -2.36. The molecule has 1 unspecified atom stereocenters. The second kappa shape index (κ2) is 6.05. The topological polar surface area (TPSA) is 60.9 Å². The Morgan fingerprint density at radius 3 is 2.65 bits per heavy atom. The molecular weight excluding hydrogens is 256 g/mol. The number of carbonyl (C=O) groups is 2. The number of likely N-dealkylation sites (N-methyl/N-ethyl adjacent to an activating group) is 1. The van der Waals surface area contributed by atoms with Crippen molar-refractivity contribution in [2.24, 2.45) is 0 Å². The molecule has 1 N–H and O–H groups in total. The fourth-order valence-corrected chi connectivity index (χ4v) is 2.53. The number of hydrogen-bond acceptors (Lipinski definition) is 3. The Bertz CT molecular complexity index is 514. The van der Waals surface area contributed by atoms with Gasteiger partial charge in [-0.2, -0.15) is 0 Å². The zero-order valence-corrected chi connectivity index (χ0v) is 11.9. The minimum atomic E-state index is -1.01. The Labute approximate surface area is 118 Å². The molecule has 1 aromatic rings. The van der Waals surface area contributed by atoms with E-state index in [9.17, 15) is 9.59 Å². The third-order valence-corrected chi connectivity index (χ3v) is 3.77. The first kappa shape index (κ1) is 14.5. The van der Waals surface area contributed by atoms with Crippen molar-refractivity contribution < 1.29 is 14.7 Å². The van der Waals surface area contributed by atoms with Gasteiger partial charge in [-0.15, -0.1) is 0 Å². The Morgan fingerprint density at radius 1 is 1.30 bits per heavy atom. The molecule has 2 rings (SSSR count). The van der Waals surface area contributed by atoms with Gasteiger partial charge in [0.25, 0.3) is 5.91 Å². The molecular formula is C15H20N2O3. The van der Waals surface area contributed by atoms with E-state index in [2.05, 4.69) is 4.90 Å². The maximum Gasteiger partial charge on any atom is 0.335 e. The summed E-state index contributed by atoms with van der Waals surface area (Å²) in [7, 11) is 4.04. The lowest BCUT2D eigenvalue weighted by molar-refractivity contribution is 0.0635. The van der Waals surface area contributed by atoms with Crippen molar-refractivity contribution in [1.82, 2.24) is 9.80 Å². The van der Waals surface area contributed by atoms with Crippen molar-refractivity contribution in [3.8, 4) is 0 Å². The van der Waals surface area contributed by atoms with Gasteiger partial charge in [0.1, 0.15) is 0 Å². The number of carboxylic acid groups (broad SMARTS) is 1. The van der Waals surface area contributed by atoms with Crippen LogP contribution >= 0.6 is 0 Å². The lowest BCUT2D eigenvalue weighted by Crippen LogP contribution is -2.47. The highest BCUT2D eigenvalue weighted by atomic mass is 16.4. The molecule has 0 aromatic heterocycles. The monoisotopic (exact) mass is 276 g/mol. The molecule has 1 aliphatic rings. The van der Waals surface area contributed by atoms with Gasteiger partial charge in [0.05, 0.1) is 5.56 Å². The molecule has 0 spiro atoms. The Balaban J connectivity index is 2.14. The number of piperidine rings is 1. The molecule has 1 aliphatic heterocycles. The van der Waals surface area contributed by atoms with E-state index < -0.39 is 5.97 Å². The molecule has 5 nitrogen and oxygen atoms in total. The zero-order chi connectivity index (χ0) is 14.7. The summed E-state index contributed by atoms with van der Waals surface area (Å²) in [6.45, 7) is 1.43. The second-order valence-electron chi connectivity index (χ2n) is 5.40. The van der Waals surface area contributed by atoms with Gasteiger partial charge in [0.2, 0.25) is 0 Å². The quantitative estimate of drug-likeness (QED) is 0.910. The van der Waals surface area contributed by atoms with Crippen LogP contribution in [0.3, 0.4) is 0 Å². The van der Waals surface area contributed by atoms with Crippen LogP contribution in [0.4, 0.5) is 0 Å². The summed E-state index contributed by atoms with van der Waals surface area (Å²) < 4.78 is 0. The maximum absolute atomic E-state index is 12.5. The largest absolute Gasteiger partial charge is 0.478 e. The van der Waals surface area contributed by atoms with Crippen LogP contribution in [-0.4, -0.2) is 60.0 Å². The summed E-state index contributed by atoms with van der Waals surface area (Å²) in [5, 5.41) is 8.98. The van der Waals surface area contributed by atoms with Crippen LogP contribution in [-0.2, 0) is 0 Å². The van der Waals surface area contributed by atoms with Crippen LogP contribution in [0.15, 0.2) is 24.3 Å². The molecule has 108 valence electrons. The van der Waals surface area contributed by atoms with Crippen molar-refractivity contribution >= 4 is 11.9 Å². The molecule has 1 atom stereocenters. The first-order valence-corrected chi connectivity index (χ1v) is 6.78. The number of likely N-dealkylation sites (tertiary alicyclic amines) is 1. The third-order valence-electron chi connectivity index (χ3n) is 3.77. The Morgan fingerprint density at radius 2 is 2.00 bits per heavy atom. The SMILES string of the molecule is CN(C)C1CCCN(C(=O)c2cccc(C(=O)O)c2)C1. The van der Waals surface area contributed by atoms with E-state index in [1.165, 1.54) is 12.1 Å². The molecule has 1 aromatic carbocycles. The highest BCUT2D eigenvalue weighted by Crippen LogP contribution is 2.17. The zero-order valence-electron chi connectivity index (χ0n) is 11.9. The number of nitrogens with zero attached hydrogens (tertiary/aromatic N) is 2. The maximum atomic E-state index is 12.5. The van der Waals surface area contributed by atoms with Gasteiger partial charge in [-0.05, 0) is 45.1 Å². The van der Waals surface area contributed by atoms with Crippen LogP contribution in [0, 0.1) is 0 Å². The minimum Gasteiger partial charge on any atom is -0.478 e. The van der Waals surface area contributed by atoms with E-state index in [0.717, 1.165) is 19.4 Å². The normalized spacial score (nSPS) is 19.1. The number of amides is 1. The molecule has 1 saturated heterocycles. The van der Waals surface area contributed by atoms with Crippen molar-refractivity contribution in [2.45, 2.75) is 18.9 Å². The third kappa shape index (κ3) is 3.17. The molecule has 1 amide bonds. The highest BCUT2D eigenvalue weighted by Gasteiger charge is 2.25. The smallest absolute Gasteiger partial charge is 0.335 e. The molecule has 1 heterocycles. The predicted molar refractivity (Wildman–Crippen MR) is 76.0 cm³/mol. The van der Waals surface area contributed by atoms with E-state index >= 15 is 0 Å². The van der Waals surface area contributed by atoms with Crippen LogP contribution in [0.25, 0.3) is 0 Å². The molecule has 1 fully saturated rings. The Hall–Kier alpha value is -1.88. The number of rotatable bonds is 3. The van der Waals surface area contributed by atoms with E-state index in [4.69, 9.17) is 5.11 Å². The van der Waals surface area contributed by atoms with Crippen molar-refractivity contribution in [2.75, 3.05) is 27.2 Å². The summed E-state index contributed by atoms with van der Waals surface area (Å²) in [6, 6.07) is 6.61. The number of aromatic carboxylic acids is 1. The van der Waals surface area contributed by atoms with Gasteiger partial charge in [-0.1, -0.05) is 6.07 Å². The van der Waals surface area contributed by atoms with E-state index in [1.54, 1.807) is 12.1 Å². The minimum absolute atomic E-state index is 0.0837. The number of benzene rings is 1. The number of carboxylic acids is 1. The molecule has 5 heteroatoms. The summed E-state index contributed by atoms with van der Waals surface area (Å²) in [6.07, 6.45) is 2.07. The van der Waals surface area contributed by atoms with Gasteiger partial charge in [0, 0.05) is 24.7 Å². The average molecular weight is 276 g/mol. The van der Waals surface area contributed by atoms with Gasteiger partial charge in [0.15, 0.2) is 0 Å². The van der Waals surface area contributed by atoms with E-state index in [1.807, 2.05) is 19.0 Å². The standard InChI is InChI=1S/C15H20N2O3/c1-16(2)13-7-4-8-17(10-13)14(18)11-5-3-6-12(9-11)15(19)20/h3,5-6,9,13H,4,7-8,10H2,1-2H3,(H,19,20). The average Bonchev–Trinajstić information content (AvgIpc) is 2.46. The Kier molecular flexibility index (Phi) is 4.39. The van der Waals surface area contributed by atoms with E-state index in [-0.39, 0.29) is 11.5 Å². The van der Waals surface area contributed by atoms with Gasteiger partial charge in [-0.25, -0.2) is 4.79 Å². The van der Waals surface area contributed by atoms with Gasteiger partial charge >= 0.3 is 5.97 Å². The molecule has 0 radical (unpaired) electrons. The van der Waals surface area contributed by atoms with Crippen LogP contribution in [0.5, 0.6) is 0 Å². The fraction of sp³-hybridized carbons (Fsp3) is 0.467. The molecule has 0 bridgehead atoms. The first-order valence-electron chi connectivity index (χ1n) is 6.78. The van der Waals surface area contributed by atoms with Crippen molar-refractivity contribution in [1.29, 1.82) is 0 Å². The fourth-order valence-electron chi connectivity index (χ4n) is 2.53. The van der Waals surface area contributed by atoms with E-state index in [0.29, 0.717) is 18.2 Å². The van der Waals surface area contributed by atoms with Crippen molar-refractivity contribution in [3.05, 3.63) is 35.4 Å². The summed E-state index contributed by atoms with van der Waals surface area (Å²) in [5.41, 5.74) is 0.598. The first-order chi connectivity index (χ1) is 9.49. The van der Waals surface area contributed by atoms with Gasteiger partial charge in [-0.3, -0.25) is 4.79 Å². The van der Waals surface area contributed by atoms with Gasteiger partial charge < -0.3 is 14.9 Å². The molecule has 0 saturated carbocycles. The predicted octanol–water partition coefficient (Wildman–Crippen LogP) is 1.55. The lowest BCUT2D eigenvalue weighted by atomic mass is 10.0. The summed E-state index contributed by atoms with van der Waals surface area (Å²) >= 11 is 0. The van der Waals surface area contributed by atoms with Crippen LogP contribution in [0.2, 0.25) is 0 Å². The second-order valence-corrected chi connectivity index (χ2v) is 5.40.